The largest absolute Gasteiger partial charge is 0.481 e. The predicted molar refractivity (Wildman–Crippen MR) is 115 cm³/mol. The molecule has 0 bridgehead atoms. The van der Waals surface area contributed by atoms with Gasteiger partial charge in [0.1, 0.15) is 11.4 Å². The summed E-state index contributed by atoms with van der Waals surface area (Å²) in [6.07, 6.45) is 5.43. The van der Waals surface area contributed by atoms with Crippen LogP contribution in [0.25, 0.3) is 0 Å². The fourth-order valence-electron chi connectivity index (χ4n) is 3.48. The Kier molecular flexibility index (Phi) is 6.21. The molecule has 1 heterocycles. The van der Waals surface area contributed by atoms with Gasteiger partial charge in [-0.3, -0.25) is 9.59 Å². The Bertz CT molecular complexity index is 946. The van der Waals surface area contributed by atoms with Crippen molar-refractivity contribution in [2.75, 3.05) is 10.6 Å². The molecular weight excluding hydrogens is 384 g/mol. The number of aliphatic carboxylic acids is 1. The van der Waals surface area contributed by atoms with Crippen molar-refractivity contribution in [1.82, 2.24) is 9.97 Å². The lowest BCUT2D eigenvalue weighted by atomic mass is 9.84. The van der Waals surface area contributed by atoms with Gasteiger partial charge in [0.15, 0.2) is 0 Å². The second-order valence-corrected chi connectivity index (χ2v) is 8.16. The average molecular weight is 412 g/mol. The molecule has 9 nitrogen and oxygen atoms in total. The van der Waals surface area contributed by atoms with Crippen molar-refractivity contribution in [1.29, 1.82) is 0 Å². The van der Waals surface area contributed by atoms with Crippen LogP contribution < -0.4 is 22.1 Å². The molecule has 1 aliphatic carbocycles. The number of carboxylic acids is 1. The molecule has 160 valence electrons. The number of carboxylic acid groups (broad SMARTS) is 1. The minimum atomic E-state index is -1.07. The van der Waals surface area contributed by atoms with Gasteiger partial charge >= 0.3 is 5.97 Å². The van der Waals surface area contributed by atoms with Crippen LogP contribution in [0.3, 0.4) is 0 Å². The number of benzene rings is 1. The zero-order valence-corrected chi connectivity index (χ0v) is 17.2. The summed E-state index contributed by atoms with van der Waals surface area (Å²) in [7, 11) is 0. The number of aromatic nitrogens is 2. The van der Waals surface area contributed by atoms with Crippen LogP contribution >= 0.6 is 0 Å². The minimum Gasteiger partial charge on any atom is -0.481 e. The number of amides is 1. The molecule has 0 radical (unpaired) electrons. The van der Waals surface area contributed by atoms with Gasteiger partial charge < -0.3 is 27.2 Å². The summed E-state index contributed by atoms with van der Waals surface area (Å²) in [6, 6.07) is 7.04. The lowest BCUT2D eigenvalue weighted by Crippen LogP contribution is -2.43. The van der Waals surface area contributed by atoms with E-state index in [9.17, 15) is 14.7 Å². The van der Waals surface area contributed by atoms with Gasteiger partial charge in [0.25, 0.3) is 5.91 Å². The third-order valence-corrected chi connectivity index (χ3v) is 5.57. The number of nitrogens with two attached hydrogens (primary N) is 2. The van der Waals surface area contributed by atoms with Crippen LogP contribution in [-0.2, 0) is 10.2 Å². The SMILES string of the molecule is CC(C)(C(=O)O)c1cccc(Nc2nc(N[C@@H]3CCCC[C@@H]3N)ncc2C(N)=O)c1. The van der Waals surface area contributed by atoms with Crippen molar-refractivity contribution in [2.45, 2.75) is 57.0 Å². The van der Waals surface area contributed by atoms with Crippen LogP contribution in [0, 0.1) is 0 Å². The van der Waals surface area contributed by atoms with E-state index in [1.54, 1.807) is 38.1 Å². The smallest absolute Gasteiger partial charge is 0.313 e. The second kappa shape index (κ2) is 8.66. The monoisotopic (exact) mass is 412 g/mol. The van der Waals surface area contributed by atoms with Crippen LogP contribution in [0.4, 0.5) is 17.5 Å². The summed E-state index contributed by atoms with van der Waals surface area (Å²) in [4.78, 5) is 32.1. The van der Waals surface area contributed by atoms with Crippen LogP contribution in [0.2, 0.25) is 0 Å². The molecule has 1 aliphatic rings. The summed E-state index contributed by atoms with van der Waals surface area (Å²) in [5.41, 5.74) is 11.9. The maximum Gasteiger partial charge on any atom is 0.313 e. The van der Waals surface area contributed by atoms with Crippen molar-refractivity contribution >= 4 is 29.3 Å². The number of hydrogen-bond acceptors (Lipinski definition) is 7. The molecule has 3 rings (SSSR count). The van der Waals surface area contributed by atoms with Crippen LogP contribution in [0.15, 0.2) is 30.5 Å². The Labute approximate surface area is 175 Å². The van der Waals surface area contributed by atoms with E-state index < -0.39 is 17.3 Å². The number of rotatable bonds is 7. The highest BCUT2D eigenvalue weighted by molar-refractivity contribution is 5.98. The number of carbonyl (C=O) groups is 2. The maximum absolute atomic E-state index is 11.9. The first-order valence-corrected chi connectivity index (χ1v) is 9.98. The molecule has 1 saturated carbocycles. The van der Waals surface area contributed by atoms with E-state index in [1.165, 1.54) is 6.20 Å². The molecule has 2 aromatic rings. The number of anilines is 3. The molecule has 1 fully saturated rings. The fraction of sp³-hybridized carbons (Fsp3) is 0.429. The average Bonchev–Trinajstić information content (AvgIpc) is 2.70. The lowest BCUT2D eigenvalue weighted by molar-refractivity contribution is -0.142. The second-order valence-electron chi connectivity index (χ2n) is 8.16. The normalized spacial score (nSPS) is 19.2. The third kappa shape index (κ3) is 4.68. The van der Waals surface area contributed by atoms with Crippen LogP contribution in [-0.4, -0.2) is 39.0 Å². The molecule has 1 amide bonds. The van der Waals surface area contributed by atoms with Gasteiger partial charge in [-0.05, 0) is 44.4 Å². The molecule has 30 heavy (non-hydrogen) atoms. The van der Waals surface area contributed by atoms with E-state index >= 15 is 0 Å². The quantitative estimate of drug-likeness (QED) is 0.464. The van der Waals surface area contributed by atoms with Gasteiger partial charge in [-0.2, -0.15) is 4.98 Å². The summed E-state index contributed by atoms with van der Waals surface area (Å²) < 4.78 is 0. The Morgan fingerprint density at radius 2 is 1.97 bits per heavy atom. The minimum absolute atomic E-state index is 0.0181. The van der Waals surface area contributed by atoms with Crippen LogP contribution in [0.1, 0.15) is 55.5 Å². The van der Waals surface area contributed by atoms with E-state index in [0.29, 0.717) is 17.2 Å². The standard InChI is InChI=1S/C21H28N6O3/c1-21(2,19(29)30)12-6-5-7-13(10-12)25-18-14(17(23)28)11-24-20(27-18)26-16-9-4-3-8-15(16)22/h5-7,10-11,15-16H,3-4,8-9,22H2,1-2H3,(H2,23,28)(H,29,30)(H2,24,25,26,27)/t15-,16+/m0/s1. The third-order valence-electron chi connectivity index (χ3n) is 5.57. The van der Waals surface area contributed by atoms with E-state index in [1.807, 2.05) is 0 Å². The first-order valence-electron chi connectivity index (χ1n) is 9.98. The summed E-state index contributed by atoms with van der Waals surface area (Å²) in [5, 5.41) is 15.8. The summed E-state index contributed by atoms with van der Waals surface area (Å²) in [6.45, 7) is 3.26. The Morgan fingerprint density at radius 3 is 2.63 bits per heavy atom. The van der Waals surface area contributed by atoms with Crippen molar-refractivity contribution < 1.29 is 14.7 Å². The molecule has 1 aromatic heterocycles. The molecule has 7 N–H and O–H groups in total. The highest BCUT2D eigenvalue weighted by atomic mass is 16.4. The van der Waals surface area contributed by atoms with E-state index in [-0.39, 0.29) is 23.5 Å². The van der Waals surface area contributed by atoms with Gasteiger partial charge in [0, 0.05) is 24.0 Å². The van der Waals surface area contributed by atoms with Crippen molar-refractivity contribution in [3.63, 3.8) is 0 Å². The predicted octanol–water partition coefficient (Wildman–Crippen LogP) is 2.36. The molecule has 2 atom stereocenters. The van der Waals surface area contributed by atoms with Gasteiger partial charge in [-0.1, -0.05) is 25.0 Å². The maximum atomic E-state index is 11.9. The van der Waals surface area contributed by atoms with Gasteiger partial charge in [0.2, 0.25) is 5.95 Å². The van der Waals surface area contributed by atoms with Crippen molar-refractivity contribution in [3.8, 4) is 0 Å². The van der Waals surface area contributed by atoms with E-state index in [0.717, 1.165) is 25.7 Å². The van der Waals surface area contributed by atoms with Gasteiger partial charge in [-0.15, -0.1) is 0 Å². The Hall–Kier alpha value is -3.20. The molecule has 0 saturated heterocycles. The molecule has 9 heteroatoms. The highest BCUT2D eigenvalue weighted by Crippen LogP contribution is 2.28. The van der Waals surface area contributed by atoms with Crippen molar-refractivity contribution in [3.05, 3.63) is 41.6 Å². The molecule has 0 spiro atoms. The first-order chi connectivity index (χ1) is 14.2. The summed E-state index contributed by atoms with van der Waals surface area (Å²) >= 11 is 0. The topological polar surface area (TPSA) is 156 Å². The lowest BCUT2D eigenvalue weighted by Gasteiger charge is -2.29. The number of carbonyl (C=O) groups excluding carboxylic acids is 1. The number of hydrogen-bond donors (Lipinski definition) is 5. The molecule has 0 aliphatic heterocycles. The van der Waals surface area contributed by atoms with Crippen LogP contribution in [0.5, 0.6) is 0 Å². The highest BCUT2D eigenvalue weighted by Gasteiger charge is 2.29. The zero-order chi connectivity index (χ0) is 21.9. The fourth-order valence-corrected chi connectivity index (χ4v) is 3.48. The Morgan fingerprint density at radius 1 is 1.23 bits per heavy atom. The summed E-state index contributed by atoms with van der Waals surface area (Å²) in [5.74, 6) is -1.00. The molecule has 1 aromatic carbocycles. The van der Waals surface area contributed by atoms with Crippen molar-refractivity contribution in [2.24, 2.45) is 11.5 Å². The van der Waals surface area contributed by atoms with E-state index in [2.05, 4.69) is 20.6 Å². The van der Waals surface area contributed by atoms with E-state index in [4.69, 9.17) is 11.5 Å². The molecular formula is C21H28N6O3. The Balaban J connectivity index is 1.89. The molecule has 0 unspecified atom stereocenters. The number of nitrogens with one attached hydrogen (secondary N) is 2. The van der Waals surface area contributed by atoms with Gasteiger partial charge in [0.05, 0.1) is 5.41 Å². The number of primary amides is 1. The number of nitrogens with zero attached hydrogens (tertiary/aromatic N) is 2. The zero-order valence-electron chi connectivity index (χ0n) is 17.2. The first kappa shape index (κ1) is 21.5. The van der Waals surface area contributed by atoms with Gasteiger partial charge in [-0.25, -0.2) is 4.98 Å².